The fraction of sp³-hybridized carbons (Fsp3) is 0.316. The molecule has 1 heterocycles. The van der Waals surface area contributed by atoms with Crippen molar-refractivity contribution in [1.82, 2.24) is 5.32 Å². The van der Waals surface area contributed by atoms with E-state index in [4.69, 9.17) is 0 Å². The van der Waals surface area contributed by atoms with Crippen molar-refractivity contribution in [2.45, 2.75) is 39.0 Å². The van der Waals surface area contributed by atoms with Crippen LogP contribution in [0.15, 0.2) is 42.5 Å². The van der Waals surface area contributed by atoms with Gasteiger partial charge in [-0.25, -0.2) is 0 Å². The maximum absolute atomic E-state index is 12.1. The summed E-state index contributed by atoms with van der Waals surface area (Å²) >= 11 is 0. The largest absolute Gasteiger partial charge is 0.435 e. The van der Waals surface area contributed by atoms with Crippen LogP contribution in [0.1, 0.15) is 34.8 Å². The monoisotopic (exact) mass is 346 g/mol. The summed E-state index contributed by atoms with van der Waals surface area (Å²) in [6.07, 6.45) is 1.69. The molecule has 132 valence electrons. The van der Waals surface area contributed by atoms with E-state index in [-0.39, 0.29) is 17.7 Å². The number of carbonyl (C=O) groups excluding carboxylic acids is 1. The lowest BCUT2D eigenvalue weighted by atomic mass is 10.0. The third kappa shape index (κ3) is 4.26. The Kier molecular flexibility index (Phi) is 5.16. The van der Waals surface area contributed by atoms with Gasteiger partial charge in [-0.2, -0.15) is 8.78 Å². The Morgan fingerprint density at radius 2 is 1.96 bits per heavy atom. The molecular formula is C19H20F2N2O2. The molecule has 1 aliphatic heterocycles. The summed E-state index contributed by atoms with van der Waals surface area (Å²) in [6, 6.07) is 12.6. The lowest BCUT2D eigenvalue weighted by Gasteiger charge is -2.17. The van der Waals surface area contributed by atoms with Gasteiger partial charge in [0.25, 0.3) is 5.91 Å². The van der Waals surface area contributed by atoms with Crippen molar-refractivity contribution in [1.29, 1.82) is 0 Å². The third-order valence-corrected chi connectivity index (χ3v) is 4.26. The van der Waals surface area contributed by atoms with Crippen LogP contribution in [0.5, 0.6) is 5.75 Å². The minimum absolute atomic E-state index is 0.0302. The topological polar surface area (TPSA) is 50.4 Å². The SMILES string of the molecule is CC(CCc1ccc(OC(F)F)cc1)Nc1cccc2c1CNC2=O. The summed E-state index contributed by atoms with van der Waals surface area (Å²) < 4.78 is 28.6. The fourth-order valence-corrected chi connectivity index (χ4v) is 2.95. The van der Waals surface area contributed by atoms with Gasteiger partial charge < -0.3 is 15.4 Å². The zero-order chi connectivity index (χ0) is 17.8. The first-order valence-electron chi connectivity index (χ1n) is 8.23. The number of rotatable bonds is 7. The van der Waals surface area contributed by atoms with E-state index in [9.17, 15) is 13.6 Å². The maximum Gasteiger partial charge on any atom is 0.387 e. The van der Waals surface area contributed by atoms with E-state index in [1.54, 1.807) is 24.3 Å². The molecule has 0 radical (unpaired) electrons. The van der Waals surface area contributed by atoms with E-state index < -0.39 is 6.61 Å². The molecule has 1 unspecified atom stereocenters. The van der Waals surface area contributed by atoms with Crippen LogP contribution in [0.2, 0.25) is 0 Å². The molecule has 0 bridgehead atoms. The average Bonchev–Trinajstić information content (AvgIpc) is 2.96. The molecule has 1 atom stereocenters. The minimum Gasteiger partial charge on any atom is -0.435 e. The van der Waals surface area contributed by atoms with Crippen molar-refractivity contribution in [3.63, 3.8) is 0 Å². The molecule has 0 saturated carbocycles. The van der Waals surface area contributed by atoms with Gasteiger partial charge in [-0.1, -0.05) is 18.2 Å². The molecule has 0 fully saturated rings. The predicted molar refractivity (Wildman–Crippen MR) is 92.1 cm³/mol. The van der Waals surface area contributed by atoms with Gasteiger partial charge in [-0.15, -0.1) is 0 Å². The molecular weight excluding hydrogens is 326 g/mol. The Hall–Kier alpha value is -2.63. The molecule has 0 spiro atoms. The Balaban J connectivity index is 1.55. The van der Waals surface area contributed by atoms with Crippen LogP contribution in [0.3, 0.4) is 0 Å². The van der Waals surface area contributed by atoms with Crippen molar-refractivity contribution in [2.75, 3.05) is 5.32 Å². The van der Waals surface area contributed by atoms with Gasteiger partial charge >= 0.3 is 6.61 Å². The van der Waals surface area contributed by atoms with E-state index >= 15 is 0 Å². The average molecular weight is 346 g/mol. The number of nitrogens with one attached hydrogen (secondary N) is 2. The van der Waals surface area contributed by atoms with Gasteiger partial charge in [-0.3, -0.25) is 4.79 Å². The first kappa shape index (κ1) is 17.2. The molecule has 2 N–H and O–H groups in total. The van der Waals surface area contributed by atoms with Crippen LogP contribution < -0.4 is 15.4 Å². The van der Waals surface area contributed by atoms with E-state index in [2.05, 4.69) is 22.3 Å². The molecule has 25 heavy (non-hydrogen) atoms. The number of aryl methyl sites for hydroxylation is 1. The number of carbonyl (C=O) groups is 1. The number of anilines is 1. The van der Waals surface area contributed by atoms with Gasteiger partial charge in [0.2, 0.25) is 0 Å². The second-order valence-corrected chi connectivity index (χ2v) is 6.12. The molecule has 0 saturated heterocycles. The Morgan fingerprint density at radius 3 is 2.68 bits per heavy atom. The molecule has 6 heteroatoms. The molecule has 2 aromatic rings. The summed E-state index contributed by atoms with van der Waals surface area (Å²) in [4.78, 5) is 11.7. The second kappa shape index (κ2) is 7.51. The van der Waals surface area contributed by atoms with Crippen LogP contribution in [-0.4, -0.2) is 18.6 Å². The highest BCUT2D eigenvalue weighted by Gasteiger charge is 2.21. The van der Waals surface area contributed by atoms with Crippen molar-refractivity contribution >= 4 is 11.6 Å². The summed E-state index contributed by atoms with van der Waals surface area (Å²) in [5.74, 6) is 0.138. The first-order chi connectivity index (χ1) is 12.0. The third-order valence-electron chi connectivity index (χ3n) is 4.26. The number of ether oxygens (including phenoxy) is 1. The molecule has 1 amide bonds. The van der Waals surface area contributed by atoms with Crippen LogP contribution in [-0.2, 0) is 13.0 Å². The zero-order valence-electron chi connectivity index (χ0n) is 13.9. The smallest absolute Gasteiger partial charge is 0.387 e. The molecule has 0 aromatic heterocycles. The van der Waals surface area contributed by atoms with Crippen molar-refractivity contribution in [3.8, 4) is 5.75 Å². The number of halogens is 2. The Labute approximate surface area is 145 Å². The quantitative estimate of drug-likeness (QED) is 0.798. The number of hydrogen-bond acceptors (Lipinski definition) is 3. The first-order valence-corrected chi connectivity index (χ1v) is 8.23. The molecule has 1 aliphatic rings. The van der Waals surface area contributed by atoms with E-state index in [1.807, 2.05) is 18.2 Å². The predicted octanol–water partition coefficient (Wildman–Crippen LogP) is 3.96. The number of amides is 1. The molecule has 4 nitrogen and oxygen atoms in total. The summed E-state index contributed by atoms with van der Waals surface area (Å²) in [5, 5.41) is 6.29. The van der Waals surface area contributed by atoms with Crippen molar-refractivity contribution < 1.29 is 18.3 Å². The number of alkyl halides is 2. The lowest BCUT2D eigenvalue weighted by molar-refractivity contribution is -0.0498. The highest BCUT2D eigenvalue weighted by Crippen LogP contribution is 2.25. The Morgan fingerprint density at radius 1 is 1.20 bits per heavy atom. The lowest BCUT2D eigenvalue weighted by Crippen LogP contribution is -2.17. The standard InChI is InChI=1S/C19H20F2N2O2/c1-12(5-6-13-7-9-14(10-8-13)25-19(20)21)23-17-4-2-3-15-16(17)11-22-18(15)24/h2-4,7-10,12,19,23H,5-6,11H2,1H3,(H,22,24). The molecule has 0 aliphatic carbocycles. The molecule has 3 rings (SSSR count). The summed E-state index contributed by atoms with van der Waals surface area (Å²) in [7, 11) is 0. The van der Waals surface area contributed by atoms with Gasteiger partial charge in [0, 0.05) is 29.4 Å². The van der Waals surface area contributed by atoms with Gasteiger partial charge in [0.15, 0.2) is 0 Å². The van der Waals surface area contributed by atoms with E-state index in [0.717, 1.165) is 35.2 Å². The van der Waals surface area contributed by atoms with Crippen molar-refractivity contribution in [3.05, 3.63) is 59.2 Å². The minimum atomic E-state index is -2.80. The van der Waals surface area contributed by atoms with Gasteiger partial charge in [0.05, 0.1) is 0 Å². The van der Waals surface area contributed by atoms with E-state index in [1.165, 1.54) is 0 Å². The van der Waals surface area contributed by atoms with Crippen LogP contribution in [0.25, 0.3) is 0 Å². The number of benzene rings is 2. The number of fused-ring (bicyclic) bond motifs is 1. The van der Waals surface area contributed by atoms with Gasteiger partial charge in [-0.05, 0) is 49.6 Å². The van der Waals surface area contributed by atoms with Crippen molar-refractivity contribution in [2.24, 2.45) is 0 Å². The summed E-state index contributed by atoms with van der Waals surface area (Å²) in [6.45, 7) is -0.169. The Bertz CT molecular complexity index is 748. The summed E-state index contributed by atoms with van der Waals surface area (Å²) in [5.41, 5.74) is 3.77. The fourth-order valence-electron chi connectivity index (χ4n) is 2.95. The molecule has 2 aromatic carbocycles. The second-order valence-electron chi connectivity index (χ2n) is 6.12. The zero-order valence-corrected chi connectivity index (χ0v) is 13.9. The number of hydrogen-bond donors (Lipinski definition) is 2. The van der Waals surface area contributed by atoms with Crippen LogP contribution >= 0.6 is 0 Å². The normalized spacial score (nSPS) is 14.2. The van der Waals surface area contributed by atoms with Gasteiger partial charge in [0.1, 0.15) is 5.75 Å². The van der Waals surface area contributed by atoms with Crippen LogP contribution in [0, 0.1) is 0 Å². The van der Waals surface area contributed by atoms with E-state index in [0.29, 0.717) is 6.54 Å². The highest BCUT2D eigenvalue weighted by molar-refractivity contribution is 6.00. The highest BCUT2D eigenvalue weighted by atomic mass is 19.3. The maximum atomic E-state index is 12.1. The van der Waals surface area contributed by atoms with Crippen LogP contribution in [0.4, 0.5) is 14.5 Å².